The number of nitriles is 1. The molecule has 15 heavy (non-hydrogen) atoms. The molecular weight excluding hydrogens is 232 g/mol. The van der Waals surface area contributed by atoms with Gasteiger partial charge < -0.3 is 9.29 Å². The van der Waals surface area contributed by atoms with E-state index >= 15 is 0 Å². The average Bonchev–Trinajstić information content (AvgIpc) is 2.26. The zero-order chi connectivity index (χ0) is 11.7. The van der Waals surface area contributed by atoms with Gasteiger partial charge in [-0.3, -0.25) is 4.99 Å². The quantitative estimate of drug-likeness (QED) is 0.305. The Balaban J connectivity index is 3.93. The highest BCUT2D eigenvalue weighted by molar-refractivity contribution is 8.22. The van der Waals surface area contributed by atoms with Gasteiger partial charge in [-0.25, -0.2) is 0 Å². The van der Waals surface area contributed by atoms with Crippen LogP contribution in [0, 0.1) is 11.3 Å². The molecule has 0 aliphatic carbocycles. The van der Waals surface area contributed by atoms with Crippen LogP contribution in [0.25, 0.3) is 0 Å². The molecule has 0 amide bonds. The molecule has 0 aromatic carbocycles. The largest absolute Gasteiger partial charge is 0.616 e. The molecule has 0 spiro atoms. The third-order valence-electron chi connectivity index (χ3n) is 1.44. The number of ether oxygens (including phenoxy) is 1. The molecule has 0 radical (unpaired) electrons. The van der Waals surface area contributed by atoms with Crippen LogP contribution in [-0.2, 0) is 15.9 Å². The lowest BCUT2D eigenvalue weighted by molar-refractivity contribution is 0.217. The van der Waals surface area contributed by atoms with Gasteiger partial charge in [0.25, 0.3) is 0 Å². The Morgan fingerprint density at radius 3 is 2.87 bits per heavy atom. The minimum absolute atomic E-state index is 0.311. The van der Waals surface area contributed by atoms with Crippen LogP contribution in [0.5, 0.6) is 0 Å². The third kappa shape index (κ3) is 6.57. The topological polar surface area (TPSA) is 68.4 Å². The highest BCUT2D eigenvalue weighted by Crippen LogP contribution is 2.14. The molecule has 1 atom stereocenters. The van der Waals surface area contributed by atoms with E-state index in [1.165, 1.54) is 11.8 Å². The van der Waals surface area contributed by atoms with Crippen molar-refractivity contribution in [2.75, 3.05) is 31.6 Å². The molecule has 0 fully saturated rings. The van der Waals surface area contributed by atoms with Gasteiger partial charge in [-0.1, -0.05) is 18.3 Å². The molecule has 1 unspecified atom stereocenters. The van der Waals surface area contributed by atoms with Crippen molar-refractivity contribution in [2.45, 2.75) is 0 Å². The Morgan fingerprint density at radius 2 is 2.40 bits per heavy atom. The van der Waals surface area contributed by atoms with Crippen molar-refractivity contribution in [3.8, 4) is 6.07 Å². The van der Waals surface area contributed by atoms with Crippen molar-refractivity contribution in [3.63, 3.8) is 0 Å². The van der Waals surface area contributed by atoms with E-state index in [0.717, 1.165) is 0 Å². The number of thioether (sulfide) groups is 1. The average molecular weight is 246 g/mol. The lowest BCUT2D eigenvalue weighted by atomic mass is 10.4. The molecule has 6 heteroatoms. The van der Waals surface area contributed by atoms with Crippen molar-refractivity contribution in [1.29, 1.82) is 5.26 Å². The summed E-state index contributed by atoms with van der Waals surface area (Å²) in [4.78, 5) is 3.90. The summed E-state index contributed by atoms with van der Waals surface area (Å²) in [6, 6.07) is 1.91. The maximum atomic E-state index is 11.4. The van der Waals surface area contributed by atoms with Gasteiger partial charge in [0.05, 0.1) is 12.2 Å². The third-order valence-corrected chi connectivity index (χ3v) is 4.29. The number of rotatable bonds is 6. The molecule has 0 rings (SSSR count). The molecule has 0 aromatic heterocycles. The smallest absolute Gasteiger partial charge is 0.156 e. The predicted molar refractivity (Wildman–Crippen MR) is 65.5 cm³/mol. The number of nitrogens with zero attached hydrogens (tertiary/aromatic N) is 2. The van der Waals surface area contributed by atoms with Crippen LogP contribution in [0.2, 0.25) is 0 Å². The zero-order valence-electron chi connectivity index (χ0n) is 8.86. The Hall–Kier alpha value is -0.480. The van der Waals surface area contributed by atoms with Crippen molar-refractivity contribution in [2.24, 2.45) is 4.99 Å². The summed E-state index contributed by atoms with van der Waals surface area (Å²) in [6.45, 7) is 4.03. The molecule has 0 saturated carbocycles. The molecule has 84 valence electrons. The van der Waals surface area contributed by atoms with E-state index in [1.807, 2.05) is 6.07 Å². The van der Waals surface area contributed by atoms with Gasteiger partial charge >= 0.3 is 0 Å². The van der Waals surface area contributed by atoms with Crippen LogP contribution in [0.15, 0.2) is 17.1 Å². The molecule has 0 bridgehead atoms. The van der Waals surface area contributed by atoms with Crippen LogP contribution in [-0.4, -0.2) is 41.2 Å². The minimum Gasteiger partial charge on any atom is -0.616 e. The lowest BCUT2D eigenvalue weighted by Gasteiger charge is -2.10. The zero-order valence-corrected chi connectivity index (χ0v) is 10.5. The molecule has 0 aliphatic heterocycles. The second-order valence-electron chi connectivity index (χ2n) is 2.52. The first-order valence-corrected chi connectivity index (χ1v) is 6.66. The van der Waals surface area contributed by atoms with Crippen LogP contribution < -0.4 is 0 Å². The van der Waals surface area contributed by atoms with E-state index < -0.39 is 11.2 Å². The number of aliphatic imine (C=N–C) groups is 1. The second kappa shape index (κ2) is 8.80. The predicted octanol–water partition coefficient (Wildman–Crippen LogP) is 1.18. The number of hydrogen-bond donors (Lipinski definition) is 0. The Labute approximate surface area is 97.6 Å². The van der Waals surface area contributed by atoms with Crippen molar-refractivity contribution < 1.29 is 9.29 Å². The highest BCUT2D eigenvalue weighted by atomic mass is 32.3. The summed E-state index contributed by atoms with van der Waals surface area (Å²) in [5.74, 6) is 0.500. The van der Waals surface area contributed by atoms with E-state index in [1.54, 1.807) is 14.2 Å². The van der Waals surface area contributed by atoms with Gasteiger partial charge in [-0.05, 0) is 11.2 Å². The Kier molecular flexibility index (Phi) is 8.52. The van der Waals surface area contributed by atoms with Gasteiger partial charge in [-0.2, -0.15) is 5.26 Å². The van der Waals surface area contributed by atoms with E-state index in [0.29, 0.717) is 28.1 Å². The fourth-order valence-electron chi connectivity index (χ4n) is 0.691. The first kappa shape index (κ1) is 14.5. The fraction of sp³-hybridized carbons (Fsp3) is 0.556. The van der Waals surface area contributed by atoms with Crippen LogP contribution in [0.3, 0.4) is 0 Å². The minimum atomic E-state index is -0.954. The van der Waals surface area contributed by atoms with Crippen molar-refractivity contribution >= 4 is 28.0 Å². The van der Waals surface area contributed by atoms with E-state index in [4.69, 9.17) is 10.00 Å². The summed E-state index contributed by atoms with van der Waals surface area (Å²) >= 11 is 0.331. The highest BCUT2D eigenvalue weighted by Gasteiger charge is 2.10. The fourth-order valence-corrected chi connectivity index (χ4v) is 2.84. The summed E-state index contributed by atoms with van der Waals surface area (Å²) in [5.41, 5.74) is 0.311. The van der Waals surface area contributed by atoms with Crippen molar-refractivity contribution in [3.05, 3.63) is 12.2 Å². The molecule has 0 aromatic rings. The van der Waals surface area contributed by atoms with E-state index in [-0.39, 0.29) is 0 Å². The van der Waals surface area contributed by atoms with Crippen LogP contribution >= 0.6 is 11.8 Å². The standard InChI is InChI=1S/C9H14N2O2S2/c1-8(6-10)9(11-2)14-7-15(12)5-4-13-3/h1,4-5,7H2,2-3H3/b11-9+. The van der Waals surface area contributed by atoms with Crippen LogP contribution in [0.4, 0.5) is 0 Å². The van der Waals surface area contributed by atoms with Gasteiger partial charge in [0.1, 0.15) is 16.9 Å². The Morgan fingerprint density at radius 1 is 1.73 bits per heavy atom. The monoisotopic (exact) mass is 246 g/mol. The van der Waals surface area contributed by atoms with Crippen LogP contribution in [0.1, 0.15) is 0 Å². The summed E-state index contributed by atoms with van der Waals surface area (Å²) in [6.07, 6.45) is 0. The summed E-state index contributed by atoms with van der Waals surface area (Å²) in [5, 5.41) is 9.56. The molecule has 4 nitrogen and oxygen atoms in total. The van der Waals surface area contributed by atoms with E-state index in [2.05, 4.69) is 11.6 Å². The van der Waals surface area contributed by atoms with Crippen molar-refractivity contribution in [1.82, 2.24) is 0 Å². The summed E-state index contributed by atoms with van der Waals surface area (Å²) in [7, 11) is 3.16. The lowest BCUT2D eigenvalue weighted by Crippen LogP contribution is -2.14. The first-order chi connectivity index (χ1) is 7.15. The SMILES string of the molecule is C=C(C#N)/C(=N\C)SC[S+]([O-])CCOC. The molecule has 0 saturated heterocycles. The normalized spacial score (nSPS) is 13.3. The number of methoxy groups -OCH3 is 1. The van der Waals surface area contributed by atoms with Gasteiger partial charge in [0, 0.05) is 14.2 Å². The Bertz CT molecular complexity index is 274. The maximum Gasteiger partial charge on any atom is 0.156 e. The van der Waals surface area contributed by atoms with Gasteiger partial charge in [-0.15, -0.1) is 0 Å². The number of hydrogen-bond acceptors (Lipinski definition) is 5. The summed E-state index contributed by atoms with van der Waals surface area (Å²) < 4.78 is 16.2. The second-order valence-corrected chi connectivity index (χ2v) is 5.42. The first-order valence-electron chi connectivity index (χ1n) is 4.18. The molecule has 0 aliphatic rings. The van der Waals surface area contributed by atoms with Gasteiger partial charge in [0.15, 0.2) is 5.08 Å². The van der Waals surface area contributed by atoms with Gasteiger partial charge in [0.2, 0.25) is 0 Å². The molecule has 0 N–H and O–H groups in total. The maximum absolute atomic E-state index is 11.4. The molecule has 0 heterocycles. The van der Waals surface area contributed by atoms with E-state index in [9.17, 15) is 4.55 Å². The molecular formula is C9H14N2O2S2.